The summed E-state index contributed by atoms with van der Waals surface area (Å²) in [5, 5.41) is 7.99. The average Bonchev–Trinajstić information content (AvgIpc) is 2.98. The number of nitrogens with zero attached hydrogens (tertiary/aromatic N) is 2. The zero-order valence-electron chi connectivity index (χ0n) is 13.3. The van der Waals surface area contributed by atoms with Gasteiger partial charge in [0, 0.05) is 26.4 Å². The van der Waals surface area contributed by atoms with Gasteiger partial charge < -0.3 is 14.8 Å². The van der Waals surface area contributed by atoms with E-state index in [-0.39, 0.29) is 11.9 Å². The first-order valence-electron chi connectivity index (χ1n) is 7.88. The molecule has 1 aromatic carbocycles. The quantitative estimate of drug-likeness (QED) is 0.849. The highest BCUT2D eigenvalue weighted by Gasteiger charge is 2.24. The first-order chi connectivity index (χ1) is 11.3. The topological polar surface area (TPSA) is 48.3 Å². The summed E-state index contributed by atoms with van der Waals surface area (Å²) in [4.78, 5) is 0. The van der Waals surface area contributed by atoms with E-state index in [1.165, 1.54) is 17.7 Å². The second kappa shape index (κ2) is 7.68. The third-order valence-corrected chi connectivity index (χ3v) is 3.96. The first-order valence-corrected chi connectivity index (χ1v) is 7.88. The molecule has 1 atom stereocenters. The standard InChI is InChI=1S/C17H22FN3O2/c1-22-9-7-21-12-14-6-8-23-16(17(14)20-21)11-19-10-13-2-4-15(18)5-3-13/h2-5,12,16,19H,6-11H2,1H3. The maximum Gasteiger partial charge on any atom is 0.123 e. The predicted octanol–water partition coefficient (Wildman–Crippen LogP) is 2.07. The van der Waals surface area contributed by atoms with Gasteiger partial charge in [0.1, 0.15) is 11.9 Å². The average molecular weight is 319 g/mol. The van der Waals surface area contributed by atoms with Gasteiger partial charge in [-0.2, -0.15) is 5.10 Å². The Labute approximate surface area is 135 Å². The van der Waals surface area contributed by atoms with Crippen LogP contribution in [-0.2, 0) is 29.0 Å². The van der Waals surface area contributed by atoms with Gasteiger partial charge in [0.05, 0.1) is 25.5 Å². The lowest BCUT2D eigenvalue weighted by Crippen LogP contribution is -2.27. The van der Waals surface area contributed by atoms with Crippen LogP contribution in [0.5, 0.6) is 0 Å². The third-order valence-electron chi connectivity index (χ3n) is 3.96. The molecule has 0 saturated heterocycles. The number of nitrogens with one attached hydrogen (secondary N) is 1. The molecule has 1 unspecified atom stereocenters. The Kier molecular flexibility index (Phi) is 5.38. The molecule has 1 aliphatic rings. The predicted molar refractivity (Wildman–Crippen MR) is 84.6 cm³/mol. The molecule has 2 aromatic rings. The van der Waals surface area contributed by atoms with E-state index in [4.69, 9.17) is 9.47 Å². The second-order valence-electron chi connectivity index (χ2n) is 5.66. The molecule has 0 radical (unpaired) electrons. The van der Waals surface area contributed by atoms with Gasteiger partial charge in [0.15, 0.2) is 0 Å². The highest BCUT2D eigenvalue weighted by atomic mass is 19.1. The van der Waals surface area contributed by atoms with Crippen molar-refractivity contribution in [2.24, 2.45) is 0 Å². The van der Waals surface area contributed by atoms with Crippen LogP contribution in [0.3, 0.4) is 0 Å². The van der Waals surface area contributed by atoms with Crippen molar-refractivity contribution in [3.63, 3.8) is 0 Å². The number of halogens is 1. The van der Waals surface area contributed by atoms with Crippen molar-refractivity contribution >= 4 is 0 Å². The molecule has 0 aliphatic carbocycles. The summed E-state index contributed by atoms with van der Waals surface area (Å²) in [6, 6.07) is 6.53. The van der Waals surface area contributed by atoms with Crippen LogP contribution >= 0.6 is 0 Å². The number of aromatic nitrogens is 2. The minimum atomic E-state index is -0.212. The monoisotopic (exact) mass is 319 g/mol. The number of ether oxygens (including phenoxy) is 2. The molecule has 1 N–H and O–H groups in total. The van der Waals surface area contributed by atoms with Crippen molar-refractivity contribution in [1.82, 2.24) is 15.1 Å². The van der Waals surface area contributed by atoms with Gasteiger partial charge in [-0.25, -0.2) is 4.39 Å². The normalized spacial score (nSPS) is 17.2. The van der Waals surface area contributed by atoms with Crippen LogP contribution in [0.1, 0.15) is 22.9 Å². The summed E-state index contributed by atoms with van der Waals surface area (Å²) in [7, 11) is 1.69. The number of benzene rings is 1. The Morgan fingerprint density at radius 2 is 2.22 bits per heavy atom. The largest absolute Gasteiger partial charge is 0.383 e. The fraction of sp³-hybridized carbons (Fsp3) is 0.471. The molecule has 0 spiro atoms. The fourth-order valence-electron chi connectivity index (χ4n) is 2.74. The van der Waals surface area contributed by atoms with Crippen LogP contribution < -0.4 is 5.32 Å². The van der Waals surface area contributed by atoms with E-state index in [0.717, 1.165) is 24.2 Å². The highest BCUT2D eigenvalue weighted by molar-refractivity contribution is 5.22. The summed E-state index contributed by atoms with van der Waals surface area (Å²) >= 11 is 0. The van der Waals surface area contributed by atoms with E-state index in [1.807, 2.05) is 4.68 Å². The highest BCUT2D eigenvalue weighted by Crippen LogP contribution is 2.25. The lowest BCUT2D eigenvalue weighted by atomic mass is 10.1. The van der Waals surface area contributed by atoms with Gasteiger partial charge in [-0.05, 0) is 29.7 Å². The molecule has 0 fully saturated rings. The number of rotatable bonds is 7. The smallest absolute Gasteiger partial charge is 0.123 e. The van der Waals surface area contributed by atoms with E-state index in [1.54, 1.807) is 19.2 Å². The minimum absolute atomic E-state index is 0.0389. The molecule has 1 aliphatic heterocycles. The van der Waals surface area contributed by atoms with Crippen LogP contribution in [-0.4, -0.2) is 36.6 Å². The number of hydrogen-bond acceptors (Lipinski definition) is 4. The maximum absolute atomic E-state index is 12.9. The molecule has 2 heterocycles. The molecular weight excluding hydrogens is 297 g/mol. The summed E-state index contributed by atoms with van der Waals surface area (Å²) in [6.07, 6.45) is 2.95. The molecule has 5 nitrogen and oxygen atoms in total. The van der Waals surface area contributed by atoms with Crippen LogP contribution in [0, 0.1) is 5.82 Å². The van der Waals surface area contributed by atoms with E-state index >= 15 is 0 Å². The summed E-state index contributed by atoms with van der Waals surface area (Å²) in [5.74, 6) is -0.212. The van der Waals surface area contributed by atoms with Crippen molar-refractivity contribution in [1.29, 1.82) is 0 Å². The Balaban J connectivity index is 1.57. The molecule has 3 rings (SSSR count). The van der Waals surface area contributed by atoms with Crippen molar-refractivity contribution in [2.45, 2.75) is 25.6 Å². The Hall–Kier alpha value is -1.76. The van der Waals surface area contributed by atoms with Gasteiger partial charge in [-0.15, -0.1) is 0 Å². The SMILES string of the molecule is COCCn1cc2c(n1)C(CNCc1ccc(F)cc1)OCC2. The van der Waals surface area contributed by atoms with E-state index in [9.17, 15) is 4.39 Å². The summed E-state index contributed by atoms with van der Waals surface area (Å²) < 4.78 is 25.8. The van der Waals surface area contributed by atoms with E-state index in [2.05, 4.69) is 16.6 Å². The first kappa shape index (κ1) is 16.1. The summed E-state index contributed by atoms with van der Waals surface area (Å²) in [5.41, 5.74) is 3.31. The molecule has 0 amide bonds. The molecule has 1 aromatic heterocycles. The van der Waals surface area contributed by atoms with E-state index < -0.39 is 0 Å². The van der Waals surface area contributed by atoms with Gasteiger partial charge in [0.25, 0.3) is 0 Å². The van der Waals surface area contributed by atoms with Crippen LogP contribution in [0.2, 0.25) is 0 Å². The zero-order chi connectivity index (χ0) is 16.1. The molecule has 0 saturated carbocycles. The third kappa shape index (κ3) is 4.16. The molecule has 23 heavy (non-hydrogen) atoms. The molecule has 6 heteroatoms. The second-order valence-corrected chi connectivity index (χ2v) is 5.66. The maximum atomic E-state index is 12.9. The molecule has 0 bridgehead atoms. The van der Waals surface area contributed by atoms with Crippen LogP contribution in [0.15, 0.2) is 30.5 Å². The minimum Gasteiger partial charge on any atom is -0.383 e. The molecular formula is C17H22FN3O2. The zero-order valence-corrected chi connectivity index (χ0v) is 13.3. The summed E-state index contributed by atoms with van der Waals surface area (Å²) in [6.45, 7) is 3.48. The van der Waals surface area contributed by atoms with Crippen LogP contribution in [0.4, 0.5) is 4.39 Å². The number of methoxy groups -OCH3 is 1. The van der Waals surface area contributed by atoms with Crippen molar-refractivity contribution in [3.8, 4) is 0 Å². The van der Waals surface area contributed by atoms with Crippen molar-refractivity contribution in [3.05, 3.63) is 53.1 Å². The lowest BCUT2D eigenvalue weighted by molar-refractivity contribution is 0.0392. The van der Waals surface area contributed by atoms with Gasteiger partial charge >= 0.3 is 0 Å². The Morgan fingerprint density at radius 3 is 3.00 bits per heavy atom. The van der Waals surface area contributed by atoms with Crippen molar-refractivity contribution in [2.75, 3.05) is 26.9 Å². The Morgan fingerprint density at radius 1 is 1.39 bits per heavy atom. The Bertz CT molecular complexity index is 627. The van der Waals surface area contributed by atoms with E-state index in [0.29, 0.717) is 26.3 Å². The van der Waals surface area contributed by atoms with Gasteiger partial charge in [-0.3, -0.25) is 4.68 Å². The molecule has 124 valence electrons. The fourth-order valence-corrected chi connectivity index (χ4v) is 2.74. The lowest BCUT2D eigenvalue weighted by Gasteiger charge is -2.22. The van der Waals surface area contributed by atoms with Crippen LogP contribution in [0.25, 0.3) is 0 Å². The number of fused-ring (bicyclic) bond motifs is 1. The van der Waals surface area contributed by atoms with Gasteiger partial charge in [-0.1, -0.05) is 12.1 Å². The van der Waals surface area contributed by atoms with Gasteiger partial charge in [0.2, 0.25) is 0 Å². The number of hydrogen-bond donors (Lipinski definition) is 1. The van der Waals surface area contributed by atoms with Crippen molar-refractivity contribution < 1.29 is 13.9 Å².